The fraction of sp³-hybridized carbons (Fsp3) is 0.538. The van der Waals surface area contributed by atoms with Gasteiger partial charge in [0.1, 0.15) is 17.7 Å². The summed E-state index contributed by atoms with van der Waals surface area (Å²) in [5.74, 6) is 0.270. The molecule has 1 saturated carbocycles. The molecule has 0 saturated heterocycles. The van der Waals surface area contributed by atoms with Crippen molar-refractivity contribution in [2.45, 2.75) is 38.8 Å². The second-order valence-electron chi connectivity index (χ2n) is 4.88. The molecule has 94 valence electrons. The molecule has 0 heterocycles. The Morgan fingerprint density at radius 3 is 2.88 bits per heavy atom. The van der Waals surface area contributed by atoms with E-state index < -0.39 is 0 Å². The van der Waals surface area contributed by atoms with Gasteiger partial charge in [0.05, 0.1) is 4.47 Å². The van der Waals surface area contributed by atoms with Crippen molar-refractivity contribution in [3.05, 3.63) is 28.5 Å². The first-order valence-corrected chi connectivity index (χ1v) is 6.64. The number of ether oxygens (including phenoxy) is 1. The third-order valence-corrected chi connectivity index (χ3v) is 4.63. The summed E-state index contributed by atoms with van der Waals surface area (Å²) in [5, 5.41) is 0. The lowest BCUT2D eigenvalue weighted by Gasteiger charge is -2.51. The van der Waals surface area contributed by atoms with Crippen molar-refractivity contribution in [1.82, 2.24) is 0 Å². The minimum Gasteiger partial charge on any atom is -0.488 e. The van der Waals surface area contributed by atoms with Crippen LogP contribution in [0.25, 0.3) is 0 Å². The summed E-state index contributed by atoms with van der Waals surface area (Å²) in [6.45, 7) is 4.23. The summed E-state index contributed by atoms with van der Waals surface area (Å²) >= 11 is 3.36. The maximum Gasteiger partial charge on any atom is 0.136 e. The van der Waals surface area contributed by atoms with Crippen LogP contribution in [0.3, 0.4) is 0 Å². The van der Waals surface area contributed by atoms with E-state index in [0.29, 0.717) is 5.75 Å². The smallest absolute Gasteiger partial charge is 0.136 e. The standard InChI is InChI=1S/C13H17BrFNO/c1-3-13(2)11(16)7-12(13)17-10-6-8(15)4-5-9(10)14/h4-6,11-12H,3,7,16H2,1-2H3. The van der Waals surface area contributed by atoms with E-state index in [-0.39, 0.29) is 23.4 Å². The number of hydrogen-bond donors (Lipinski definition) is 1. The van der Waals surface area contributed by atoms with Crippen molar-refractivity contribution in [2.75, 3.05) is 0 Å². The molecule has 1 aliphatic carbocycles. The van der Waals surface area contributed by atoms with Crippen LogP contribution < -0.4 is 10.5 Å². The topological polar surface area (TPSA) is 35.2 Å². The highest BCUT2D eigenvalue weighted by atomic mass is 79.9. The van der Waals surface area contributed by atoms with Crippen LogP contribution in [0.4, 0.5) is 4.39 Å². The third-order valence-electron chi connectivity index (χ3n) is 3.97. The summed E-state index contributed by atoms with van der Waals surface area (Å²) < 4.78 is 19.8. The molecule has 3 unspecified atom stereocenters. The number of rotatable bonds is 3. The molecule has 0 spiro atoms. The van der Waals surface area contributed by atoms with E-state index >= 15 is 0 Å². The van der Waals surface area contributed by atoms with Gasteiger partial charge in [-0.2, -0.15) is 0 Å². The first-order valence-electron chi connectivity index (χ1n) is 5.84. The van der Waals surface area contributed by atoms with Crippen LogP contribution in [-0.4, -0.2) is 12.1 Å². The molecule has 0 radical (unpaired) electrons. The van der Waals surface area contributed by atoms with E-state index in [0.717, 1.165) is 17.3 Å². The fourth-order valence-corrected chi connectivity index (χ4v) is 2.58. The second-order valence-corrected chi connectivity index (χ2v) is 5.74. The highest BCUT2D eigenvalue weighted by molar-refractivity contribution is 9.10. The van der Waals surface area contributed by atoms with Crippen LogP contribution in [0, 0.1) is 11.2 Å². The molecular weight excluding hydrogens is 285 g/mol. The van der Waals surface area contributed by atoms with Gasteiger partial charge in [-0.15, -0.1) is 0 Å². The van der Waals surface area contributed by atoms with Gasteiger partial charge in [0, 0.05) is 23.9 Å². The van der Waals surface area contributed by atoms with E-state index in [1.165, 1.54) is 12.1 Å². The molecule has 17 heavy (non-hydrogen) atoms. The maximum atomic E-state index is 13.1. The zero-order valence-corrected chi connectivity index (χ0v) is 11.6. The Morgan fingerprint density at radius 1 is 1.59 bits per heavy atom. The van der Waals surface area contributed by atoms with Gasteiger partial charge < -0.3 is 10.5 Å². The van der Waals surface area contributed by atoms with Crippen molar-refractivity contribution in [3.8, 4) is 5.75 Å². The Hall–Kier alpha value is -0.610. The number of halogens is 2. The van der Waals surface area contributed by atoms with E-state index in [1.54, 1.807) is 6.07 Å². The van der Waals surface area contributed by atoms with Gasteiger partial charge in [0.25, 0.3) is 0 Å². The van der Waals surface area contributed by atoms with Crippen LogP contribution in [0.1, 0.15) is 26.7 Å². The highest BCUT2D eigenvalue weighted by Crippen LogP contribution is 2.45. The van der Waals surface area contributed by atoms with Gasteiger partial charge in [-0.3, -0.25) is 0 Å². The Balaban J connectivity index is 2.14. The van der Waals surface area contributed by atoms with Crippen LogP contribution in [0.5, 0.6) is 5.75 Å². The molecule has 2 rings (SSSR count). The molecule has 2 nitrogen and oxygen atoms in total. The molecule has 1 aromatic carbocycles. The molecule has 0 bridgehead atoms. The predicted octanol–water partition coefficient (Wildman–Crippen LogP) is 3.48. The average molecular weight is 302 g/mol. The SMILES string of the molecule is CCC1(C)C(N)CC1Oc1cc(F)ccc1Br. The maximum absolute atomic E-state index is 13.1. The Kier molecular flexibility index (Phi) is 3.46. The minimum absolute atomic E-state index is 0.00818. The van der Waals surface area contributed by atoms with Gasteiger partial charge in [0.2, 0.25) is 0 Å². The highest BCUT2D eigenvalue weighted by Gasteiger charge is 2.50. The van der Waals surface area contributed by atoms with Gasteiger partial charge in [0.15, 0.2) is 0 Å². The Morgan fingerprint density at radius 2 is 2.29 bits per heavy atom. The summed E-state index contributed by atoms with van der Waals surface area (Å²) in [5.41, 5.74) is 6.01. The zero-order valence-electron chi connectivity index (χ0n) is 10.0. The predicted molar refractivity (Wildman–Crippen MR) is 69.5 cm³/mol. The van der Waals surface area contributed by atoms with Crippen molar-refractivity contribution < 1.29 is 9.13 Å². The van der Waals surface area contributed by atoms with Crippen LogP contribution in [0.2, 0.25) is 0 Å². The lowest BCUT2D eigenvalue weighted by atomic mass is 9.62. The Labute approximate surface area is 109 Å². The molecule has 0 amide bonds. The van der Waals surface area contributed by atoms with Crippen LogP contribution in [0.15, 0.2) is 22.7 Å². The molecule has 3 atom stereocenters. The zero-order chi connectivity index (χ0) is 12.6. The van der Waals surface area contributed by atoms with Crippen molar-refractivity contribution in [2.24, 2.45) is 11.1 Å². The van der Waals surface area contributed by atoms with Crippen molar-refractivity contribution in [3.63, 3.8) is 0 Å². The first kappa shape index (κ1) is 12.8. The average Bonchev–Trinajstić information content (AvgIpc) is 2.32. The van der Waals surface area contributed by atoms with Crippen LogP contribution >= 0.6 is 15.9 Å². The minimum atomic E-state index is -0.287. The van der Waals surface area contributed by atoms with Gasteiger partial charge >= 0.3 is 0 Å². The Bertz CT molecular complexity index is 426. The molecule has 0 aromatic heterocycles. The van der Waals surface area contributed by atoms with Crippen molar-refractivity contribution >= 4 is 15.9 Å². The van der Waals surface area contributed by atoms with Gasteiger partial charge in [-0.25, -0.2) is 4.39 Å². The molecule has 1 aromatic rings. The largest absolute Gasteiger partial charge is 0.488 e. The lowest BCUT2D eigenvalue weighted by molar-refractivity contribution is -0.0565. The van der Waals surface area contributed by atoms with Crippen LogP contribution in [-0.2, 0) is 0 Å². The summed E-state index contributed by atoms with van der Waals surface area (Å²) in [4.78, 5) is 0. The molecule has 4 heteroatoms. The molecule has 0 aliphatic heterocycles. The number of nitrogens with two attached hydrogens (primary N) is 1. The second kappa shape index (κ2) is 4.58. The van der Waals surface area contributed by atoms with Crippen molar-refractivity contribution in [1.29, 1.82) is 0 Å². The quantitative estimate of drug-likeness (QED) is 0.927. The van der Waals surface area contributed by atoms with Gasteiger partial charge in [-0.05, 0) is 34.5 Å². The molecule has 1 fully saturated rings. The third kappa shape index (κ3) is 2.20. The number of hydrogen-bond acceptors (Lipinski definition) is 2. The van der Waals surface area contributed by atoms with E-state index in [9.17, 15) is 4.39 Å². The lowest BCUT2D eigenvalue weighted by Crippen LogP contribution is -2.61. The summed E-state index contributed by atoms with van der Waals surface area (Å²) in [6, 6.07) is 4.64. The number of benzene rings is 1. The monoisotopic (exact) mass is 301 g/mol. The summed E-state index contributed by atoms with van der Waals surface area (Å²) in [6.07, 6.45) is 1.86. The van der Waals surface area contributed by atoms with E-state index in [4.69, 9.17) is 10.5 Å². The summed E-state index contributed by atoms with van der Waals surface area (Å²) in [7, 11) is 0. The normalized spacial score (nSPS) is 32.1. The fourth-order valence-electron chi connectivity index (χ4n) is 2.24. The van der Waals surface area contributed by atoms with Gasteiger partial charge in [-0.1, -0.05) is 13.8 Å². The van der Waals surface area contributed by atoms with E-state index in [2.05, 4.69) is 29.8 Å². The molecule has 1 aliphatic rings. The molecule has 2 N–H and O–H groups in total. The molecular formula is C13H17BrFNO. The van der Waals surface area contributed by atoms with E-state index in [1.807, 2.05) is 0 Å². The first-order chi connectivity index (χ1) is 7.97.